The van der Waals surface area contributed by atoms with E-state index in [2.05, 4.69) is 17.2 Å². The number of fused-ring (bicyclic) bond motifs is 1. The number of ether oxygens (including phenoxy) is 1. The molecule has 7 heteroatoms. The summed E-state index contributed by atoms with van der Waals surface area (Å²) in [6.45, 7) is 6.57. The van der Waals surface area contributed by atoms with Gasteiger partial charge in [0.15, 0.2) is 0 Å². The lowest BCUT2D eigenvalue weighted by molar-refractivity contribution is -0.116. The summed E-state index contributed by atoms with van der Waals surface area (Å²) in [5.41, 5.74) is 4.34. The highest BCUT2D eigenvalue weighted by molar-refractivity contribution is 7.17. The number of benzene rings is 2. The van der Waals surface area contributed by atoms with Crippen LogP contribution in [0.15, 0.2) is 59.0 Å². The van der Waals surface area contributed by atoms with Crippen molar-refractivity contribution in [1.82, 2.24) is 9.55 Å². The number of aromatic nitrogens is 2. The van der Waals surface area contributed by atoms with Crippen LogP contribution in [0.1, 0.15) is 24.5 Å². The van der Waals surface area contributed by atoms with Crippen molar-refractivity contribution < 1.29 is 9.53 Å². The van der Waals surface area contributed by atoms with E-state index in [9.17, 15) is 9.59 Å². The minimum absolute atomic E-state index is 0.103. The van der Waals surface area contributed by atoms with E-state index in [-0.39, 0.29) is 18.0 Å². The smallest absolute Gasteiger partial charge is 0.263 e. The Morgan fingerprint density at radius 1 is 1.16 bits per heavy atom. The molecule has 0 fully saturated rings. The van der Waals surface area contributed by atoms with Crippen molar-refractivity contribution in [1.29, 1.82) is 0 Å². The van der Waals surface area contributed by atoms with Crippen LogP contribution in [0.5, 0.6) is 5.75 Å². The van der Waals surface area contributed by atoms with Crippen LogP contribution < -0.4 is 15.6 Å². The molecule has 0 unspecified atom stereocenters. The summed E-state index contributed by atoms with van der Waals surface area (Å²) in [5.74, 6) is 0.531. The number of hydrogen-bond acceptors (Lipinski definition) is 5. The van der Waals surface area contributed by atoms with Crippen molar-refractivity contribution in [2.24, 2.45) is 0 Å². The SMILES string of the molecule is CCCOc1ccc(-c2csc3ncn(CC(=O)Nc4ccc(C)cc4C)c(=O)c23)cc1. The second-order valence-corrected chi connectivity index (χ2v) is 8.60. The highest BCUT2D eigenvalue weighted by Gasteiger charge is 2.15. The van der Waals surface area contributed by atoms with Crippen molar-refractivity contribution in [2.75, 3.05) is 11.9 Å². The Bertz CT molecular complexity index is 1320. The molecule has 1 N–H and O–H groups in total. The standard InChI is InChI=1S/C25H25N3O3S/c1-4-11-31-19-8-6-18(7-9-19)20-14-32-24-23(20)25(30)28(15-26-24)13-22(29)27-21-10-5-16(2)12-17(21)3/h5-10,12,14-15H,4,11,13H2,1-3H3,(H,27,29). The van der Waals surface area contributed by atoms with E-state index < -0.39 is 0 Å². The molecule has 0 aliphatic rings. The lowest BCUT2D eigenvalue weighted by Gasteiger charge is -2.10. The van der Waals surface area contributed by atoms with E-state index >= 15 is 0 Å². The van der Waals surface area contributed by atoms with Gasteiger partial charge in [0.05, 0.1) is 18.3 Å². The molecule has 2 heterocycles. The fourth-order valence-electron chi connectivity index (χ4n) is 3.54. The summed E-state index contributed by atoms with van der Waals surface area (Å²) < 4.78 is 7.00. The Balaban J connectivity index is 1.60. The average Bonchev–Trinajstić information content (AvgIpc) is 3.21. The number of amides is 1. The molecule has 0 spiro atoms. The number of carbonyl (C=O) groups is 1. The van der Waals surface area contributed by atoms with Gasteiger partial charge >= 0.3 is 0 Å². The molecule has 32 heavy (non-hydrogen) atoms. The Morgan fingerprint density at radius 2 is 1.94 bits per heavy atom. The van der Waals surface area contributed by atoms with E-state index in [1.165, 1.54) is 22.2 Å². The van der Waals surface area contributed by atoms with Gasteiger partial charge in [-0.3, -0.25) is 14.2 Å². The second-order valence-electron chi connectivity index (χ2n) is 7.75. The lowest BCUT2D eigenvalue weighted by Crippen LogP contribution is -2.28. The van der Waals surface area contributed by atoms with Crippen molar-refractivity contribution in [3.63, 3.8) is 0 Å². The molecule has 4 rings (SSSR count). The summed E-state index contributed by atoms with van der Waals surface area (Å²) in [7, 11) is 0. The number of anilines is 1. The Labute approximate surface area is 190 Å². The first kappa shape index (κ1) is 21.8. The molecule has 164 valence electrons. The van der Waals surface area contributed by atoms with Gasteiger partial charge in [-0.2, -0.15) is 0 Å². The fraction of sp³-hybridized carbons (Fsp3) is 0.240. The summed E-state index contributed by atoms with van der Waals surface area (Å²) in [6, 6.07) is 13.5. The predicted molar refractivity (Wildman–Crippen MR) is 130 cm³/mol. The van der Waals surface area contributed by atoms with Crippen LogP contribution in [0.2, 0.25) is 0 Å². The molecular formula is C25H25N3O3S. The highest BCUT2D eigenvalue weighted by atomic mass is 32.1. The minimum atomic E-state index is -0.269. The molecule has 2 aromatic heterocycles. The second kappa shape index (κ2) is 9.36. The number of carbonyl (C=O) groups excluding carboxylic acids is 1. The predicted octanol–water partition coefficient (Wildman–Crippen LogP) is 5.17. The van der Waals surface area contributed by atoms with Crippen LogP contribution >= 0.6 is 11.3 Å². The van der Waals surface area contributed by atoms with Gasteiger partial charge in [-0.1, -0.05) is 36.8 Å². The van der Waals surface area contributed by atoms with E-state index in [0.29, 0.717) is 16.8 Å². The van der Waals surface area contributed by atoms with Crippen molar-refractivity contribution in [2.45, 2.75) is 33.7 Å². The van der Waals surface area contributed by atoms with E-state index in [1.54, 1.807) is 0 Å². The zero-order valence-corrected chi connectivity index (χ0v) is 19.2. The fourth-order valence-corrected chi connectivity index (χ4v) is 4.45. The number of rotatable bonds is 7. The lowest BCUT2D eigenvalue weighted by atomic mass is 10.1. The quantitative estimate of drug-likeness (QED) is 0.424. The van der Waals surface area contributed by atoms with Gasteiger partial charge < -0.3 is 10.1 Å². The first-order valence-electron chi connectivity index (χ1n) is 10.5. The number of aryl methyl sites for hydroxylation is 2. The van der Waals surface area contributed by atoms with Gasteiger partial charge in [0.25, 0.3) is 5.56 Å². The maximum atomic E-state index is 13.2. The largest absolute Gasteiger partial charge is 0.494 e. The Morgan fingerprint density at radius 3 is 2.66 bits per heavy atom. The zero-order chi connectivity index (χ0) is 22.7. The monoisotopic (exact) mass is 447 g/mol. The minimum Gasteiger partial charge on any atom is -0.494 e. The van der Waals surface area contributed by atoms with E-state index in [4.69, 9.17) is 4.74 Å². The van der Waals surface area contributed by atoms with E-state index in [0.717, 1.165) is 40.1 Å². The van der Waals surface area contributed by atoms with Crippen LogP contribution in [0, 0.1) is 13.8 Å². The summed E-state index contributed by atoms with van der Waals surface area (Å²) >= 11 is 1.42. The maximum Gasteiger partial charge on any atom is 0.263 e. The van der Waals surface area contributed by atoms with Gasteiger partial charge in [-0.05, 0) is 49.6 Å². The summed E-state index contributed by atoms with van der Waals surface area (Å²) in [5, 5.41) is 5.35. The summed E-state index contributed by atoms with van der Waals surface area (Å²) in [4.78, 5) is 30.9. The van der Waals surface area contributed by atoms with Crippen LogP contribution in [-0.2, 0) is 11.3 Å². The van der Waals surface area contributed by atoms with Gasteiger partial charge in [0.2, 0.25) is 5.91 Å². The molecule has 2 aromatic carbocycles. The van der Waals surface area contributed by atoms with Crippen LogP contribution in [0.25, 0.3) is 21.3 Å². The number of nitrogens with zero attached hydrogens (tertiary/aromatic N) is 2. The normalized spacial score (nSPS) is 11.0. The van der Waals surface area contributed by atoms with Gasteiger partial charge in [0, 0.05) is 16.6 Å². The van der Waals surface area contributed by atoms with Crippen molar-refractivity contribution in [3.05, 3.63) is 75.7 Å². The van der Waals surface area contributed by atoms with Crippen molar-refractivity contribution >= 4 is 33.1 Å². The number of thiophene rings is 1. The highest BCUT2D eigenvalue weighted by Crippen LogP contribution is 2.31. The van der Waals surface area contributed by atoms with Gasteiger partial charge in [-0.25, -0.2) is 4.98 Å². The van der Waals surface area contributed by atoms with Crippen LogP contribution in [0.4, 0.5) is 5.69 Å². The molecule has 0 aliphatic carbocycles. The molecule has 0 saturated heterocycles. The van der Waals surface area contributed by atoms with E-state index in [1.807, 2.05) is 61.7 Å². The maximum absolute atomic E-state index is 13.2. The molecule has 0 radical (unpaired) electrons. The van der Waals surface area contributed by atoms with Gasteiger partial charge in [-0.15, -0.1) is 11.3 Å². The Kier molecular flexibility index (Phi) is 6.37. The molecule has 0 bridgehead atoms. The molecule has 0 saturated carbocycles. The average molecular weight is 448 g/mol. The van der Waals surface area contributed by atoms with Crippen LogP contribution in [-0.4, -0.2) is 22.1 Å². The topological polar surface area (TPSA) is 73.2 Å². The zero-order valence-electron chi connectivity index (χ0n) is 18.3. The molecule has 1 amide bonds. The third-order valence-electron chi connectivity index (χ3n) is 5.17. The summed E-state index contributed by atoms with van der Waals surface area (Å²) in [6.07, 6.45) is 2.38. The van der Waals surface area contributed by atoms with Crippen LogP contribution in [0.3, 0.4) is 0 Å². The van der Waals surface area contributed by atoms with Crippen molar-refractivity contribution in [3.8, 4) is 16.9 Å². The number of nitrogens with one attached hydrogen (secondary N) is 1. The molecule has 0 aliphatic heterocycles. The molecule has 4 aromatic rings. The third kappa shape index (κ3) is 4.57. The first-order valence-corrected chi connectivity index (χ1v) is 11.4. The molecule has 0 atom stereocenters. The number of hydrogen-bond donors (Lipinski definition) is 1. The first-order chi connectivity index (χ1) is 15.5. The molecule has 6 nitrogen and oxygen atoms in total. The Hall–Kier alpha value is -3.45. The molecular weight excluding hydrogens is 422 g/mol. The van der Waals surface area contributed by atoms with Gasteiger partial charge in [0.1, 0.15) is 17.1 Å². The third-order valence-corrected chi connectivity index (χ3v) is 6.06.